The molecule has 2 aliphatic heterocycles. The van der Waals surface area contributed by atoms with Crippen molar-refractivity contribution in [2.45, 2.75) is 174 Å². The summed E-state index contributed by atoms with van der Waals surface area (Å²) in [6.45, 7) is 14.3. The first-order chi connectivity index (χ1) is 26.7. The number of carbonyl (C=O) groups excluding carboxylic acids is 2. The molecule has 7 aliphatic rings. The van der Waals surface area contributed by atoms with Gasteiger partial charge in [0.05, 0.1) is 36.8 Å². The Balaban J connectivity index is 1.22. The second-order valence-corrected chi connectivity index (χ2v) is 20.1. The molecule has 20 atom stereocenters. The summed E-state index contributed by atoms with van der Waals surface area (Å²) in [5.74, 6) is -0.800. The number of methoxy groups -OCH3 is 1. The Morgan fingerprint density at radius 3 is 2.09 bits per heavy atom. The van der Waals surface area contributed by atoms with Gasteiger partial charge in [-0.3, -0.25) is 9.59 Å². The minimum Gasteiger partial charge on any atom is -0.468 e. The van der Waals surface area contributed by atoms with Gasteiger partial charge in [-0.05, 0) is 111 Å². The minimum absolute atomic E-state index is 0.0185. The van der Waals surface area contributed by atoms with Crippen LogP contribution in [-0.2, 0) is 33.3 Å². The molecular formula is C43H68O14. The molecule has 0 spiro atoms. The molecule has 2 saturated heterocycles. The van der Waals surface area contributed by atoms with Gasteiger partial charge >= 0.3 is 11.9 Å². The Bertz CT molecular complexity index is 1570. The van der Waals surface area contributed by atoms with Crippen LogP contribution in [-0.4, -0.2) is 129 Å². The van der Waals surface area contributed by atoms with Crippen molar-refractivity contribution in [2.24, 2.45) is 56.7 Å². The highest BCUT2D eigenvalue weighted by Gasteiger charge is 2.74. The molecule has 4 saturated carbocycles. The van der Waals surface area contributed by atoms with Gasteiger partial charge in [0, 0.05) is 0 Å². The fourth-order valence-electron chi connectivity index (χ4n) is 14.0. The van der Waals surface area contributed by atoms with Crippen molar-refractivity contribution in [3.8, 4) is 0 Å². The lowest BCUT2D eigenvalue weighted by Crippen LogP contribution is -2.68. The first kappa shape index (κ1) is 43.4. The molecular weight excluding hydrogens is 740 g/mol. The van der Waals surface area contributed by atoms with E-state index in [0.29, 0.717) is 32.1 Å². The molecule has 0 radical (unpaired) electrons. The van der Waals surface area contributed by atoms with Crippen molar-refractivity contribution in [3.05, 3.63) is 11.6 Å². The summed E-state index contributed by atoms with van der Waals surface area (Å²) in [5.41, 5.74) is -2.29. The maximum atomic E-state index is 14.8. The Morgan fingerprint density at radius 2 is 1.42 bits per heavy atom. The topological polar surface area (TPSA) is 222 Å². The van der Waals surface area contributed by atoms with Crippen molar-refractivity contribution in [1.82, 2.24) is 0 Å². The van der Waals surface area contributed by atoms with Crippen LogP contribution in [0.25, 0.3) is 0 Å². The van der Waals surface area contributed by atoms with Gasteiger partial charge in [0.15, 0.2) is 6.29 Å². The van der Waals surface area contributed by atoms with Crippen molar-refractivity contribution in [2.75, 3.05) is 13.7 Å². The summed E-state index contributed by atoms with van der Waals surface area (Å²) >= 11 is 0. The van der Waals surface area contributed by atoms with Gasteiger partial charge < -0.3 is 59.4 Å². The normalized spacial score (nSPS) is 53.2. The van der Waals surface area contributed by atoms with E-state index in [1.807, 2.05) is 0 Å². The maximum absolute atomic E-state index is 14.8. The molecule has 0 aromatic rings. The van der Waals surface area contributed by atoms with Crippen molar-refractivity contribution in [1.29, 1.82) is 0 Å². The third kappa shape index (κ3) is 6.15. The standard InChI is InChI=1S/C43H68O14/c1-20-11-16-42(37(51)57-36-34(50)32(48)30(46)24(19-44)55-36)17-18-43(38(52)53-8)23(28(42)21(20)2)9-10-26-40(6)14-13-27(39(4,5)25(40)12-15-41(26,43)7)56-35-33(49)31(47)29(45)22(3)54-35/h9,20-22,24-36,44-50H,10-19H2,1-8H3/t20-,21+,22+,24-,25+,26-,27+,28+,29+,30-,31-,32+,33-,34-,35+,36+,40+,41-,42+,43-/m1/s1. The molecule has 0 aromatic carbocycles. The van der Waals surface area contributed by atoms with Crippen LogP contribution in [0.1, 0.15) is 106 Å². The lowest BCUT2D eigenvalue weighted by Gasteiger charge is -2.71. The average molecular weight is 809 g/mol. The summed E-state index contributed by atoms with van der Waals surface area (Å²) in [6, 6.07) is 0. The molecule has 0 aromatic heterocycles. The summed E-state index contributed by atoms with van der Waals surface area (Å²) < 4.78 is 29.8. The van der Waals surface area contributed by atoms with Gasteiger partial charge in [0.2, 0.25) is 6.29 Å². The Kier molecular flexibility index (Phi) is 11.4. The monoisotopic (exact) mass is 808 g/mol. The number of aliphatic hydroxyl groups excluding tert-OH is 7. The number of allylic oxidation sites excluding steroid dienone is 1. The van der Waals surface area contributed by atoms with Gasteiger partial charge in [-0.2, -0.15) is 0 Å². The molecule has 0 amide bonds. The smallest absolute Gasteiger partial charge is 0.316 e. The van der Waals surface area contributed by atoms with E-state index in [4.69, 9.17) is 23.7 Å². The zero-order valence-corrected chi connectivity index (χ0v) is 34.9. The second-order valence-electron chi connectivity index (χ2n) is 20.1. The van der Waals surface area contributed by atoms with Crippen LogP contribution < -0.4 is 0 Å². The highest BCUT2D eigenvalue weighted by Crippen LogP contribution is 2.76. The number of hydrogen-bond donors (Lipinski definition) is 7. The quantitative estimate of drug-likeness (QED) is 0.116. The number of fused-ring (bicyclic) bond motifs is 7. The largest absolute Gasteiger partial charge is 0.468 e. The summed E-state index contributed by atoms with van der Waals surface area (Å²) in [5, 5.41) is 73.1. The minimum atomic E-state index is -1.73. The molecule has 14 heteroatoms. The first-order valence-electron chi connectivity index (χ1n) is 21.3. The zero-order valence-electron chi connectivity index (χ0n) is 34.9. The van der Waals surface area contributed by atoms with E-state index < -0.39 is 90.2 Å². The number of ether oxygens (including phenoxy) is 5. The van der Waals surface area contributed by atoms with Crippen LogP contribution in [0.3, 0.4) is 0 Å². The van der Waals surface area contributed by atoms with E-state index in [1.54, 1.807) is 6.92 Å². The molecule has 324 valence electrons. The fourth-order valence-corrected chi connectivity index (χ4v) is 14.0. The molecule has 5 aliphatic carbocycles. The molecule has 14 nitrogen and oxygen atoms in total. The summed E-state index contributed by atoms with van der Waals surface area (Å²) in [7, 11) is 1.45. The fraction of sp³-hybridized carbons (Fsp3) is 0.907. The van der Waals surface area contributed by atoms with E-state index in [0.717, 1.165) is 31.3 Å². The number of aliphatic hydroxyl groups is 7. The van der Waals surface area contributed by atoms with E-state index in [-0.39, 0.29) is 52.5 Å². The molecule has 0 bridgehead atoms. The van der Waals surface area contributed by atoms with E-state index >= 15 is 0 Å². The molecule has 0 unspecified atom stereocenters. The van der Waals surface area contributed by atoms with Crippen molar-refractivity contribution < 1.29 is 69.0 Å². The Hall–Kier alpha value is -1.72. The highest BCUT2D eigenvalue weighted by atomic mass is 16.7. The number of carbonyl (C=O) groups is 2. The Labute approximate surface area is 336 Å². The summed E-state index contributed by atoms with van der Waals surface area (Å²) in [6.07, 6.45) is -6.06. The van der Waals surface area contributed by atoms with Gasteiger partial charge in [-0.1, -0.05) is 53.2 Å². The number of esters is 2. The Morgan fingerprint density at radius 1 is 0.754 bits per heavy atom. The molecule has 6 fully saturated rings. The second kappa shape index (κ2) is 15.0. The lowest BCUT2D eigenvalue weighted by molar-refractivity contribution is -0.324. The van der Waals surface area contributed by atoms with Gasteiger partial charge in [-0.25, -0.2) is 0 Å². The predicted molar refractivity (Wildman–Crippen MR) is 202 cm³/mol. The predicted octanol–water partition coefficient (Wildman–Crippen LogP) is 2.35. The SMILES string of the molecule is COC(=O)[C@@]12CC[C@@]3(C(=O)O[C@@H]4O[C@H](CO)[C@@H](O)[C@H](O)[C@H]4O)CC[C@@H](C)[C@H](C)[C@H]3C1=CC[C@@H]1[C@@]3(C)CC[C@H](O[C@@H]4O[C@@H](C)[C@H](O)[C@@H](O)[C@H]4O)C(C)(C)[C@@H]3CC[C@]12C. The van der Waals surface area contributed by atoms with Gasteiger partial charge in [0.25, 0.3) is 0 Å². The highest BCUT2D eigenvalue weighted by molar-refractivity contribution is 5.86. The lowest BCUT2D eigenvalue weighted by atomic mass is 9.33. The number of rotatable bonds is 6. The van der Waals surface area contributed by atoms with Crippen molar-refractivity contribution in [3.63, 3.8) is 0 Å². The third-order valence-corrected chi connectivity index (χ3v) is 17.5. The maximum Gasteiger partial charge on any atom is 0.316 e. The third-order valence-electron chi connectivity index (χ3n) is 17.5. The van der Waals surface area contributed by atoms with Gasteiger partial charge in [-0.15, -0.1) is 0 Å². The zero-order chi connectivity index (χ0) is 41.8. The summed E-state index contributed by atoms with van der Waals surface area (Å²) in [4.78, 5) is 29.5. The van der Waals surface area contributed by atoms with Crippen LogP contribution >= 0.6 is 0 Å². The molecule has 7 rings (SSSR count). The van der Waals surface area contributed by atoms with Crippen LogP contribution in [0.4, 0.5) is 0 Å². The average Bonchev–Trinajstić information content (AvgIpc) is 3.17. The van der Waals surface area contributed by atoms with E-state index in [1.165, 1.54) is 7.11 Å². The number of hydrogen-bond acceptors (Lipinski definition) is 14. The van der Waals surface area contributed by atoms with E-state index in [9.17, 15) is 45.3 Å². The molecule has 7 N–H and O–H groups in total. The van der Waals surface area contributed by atoms with Gasteiger partial charge in [0.1, 0.15) is 42.7 Å². The van der Waals surface area contributed by atoms with Crippen LogP contribution in [0.2, 0.25) is 0 Å². The van der Waals surface area contributed by atoms with E-state index in [2.05, 4.69) is 47.6 Å². The van der Waals surface area contributed by atoms with Crippen LogP contribution in [0, 0.1) is 56.7 Å². The van der Waals surface area contributed by atoms with Crippen LogP contribution in [0.5, 0.6) is 0 Å². The van der Waals surface area contributed by atoms with Crippen molar-refractivity contribution >= 4 is 11.9 Å². The first-order valence-corrected chi connectivity index (χ1v) is 21.3. The molecule has 57 heavy (non-hydrogen) atoms. The van der Waals surface area contributed by atoms with Crippen LogP contribution in [0.15, 0.2) is 11.6 Å². The molecule has 2 heterocycles.